The van der Waals surface area contributed by atoms with Crippen LogP contribution in [-0.2, 0) is 0 Å². The van der Waals surface area contributed by atoms with Gasteiger partial charge in [0.25, 0.3) is 0 Å². The van der Waals surface area contributed by atoms with Crippen LogP contribution in [0.5, 0.6) is 0 Å². The molecule has 3 nitrogen and oxygen atoms in total. The number of allylic oxidation sites excluding steroid dienone is 1. The smallest absolute Gasteiger partial charge is 0.0195 e. The van der Waals surface area contributed by atoms with Crippen LogP contribution in [0.2, 0.25) is 0 Å². The van der Waals surface area contributed by atoms with Crippen LogP contribution in [0.3, 0.4) is 0 Å². The van der Waals surface area contributed by atoms with Crippen molar-refractivity contribution in [1.82, 2.24) is 0 Å². The molecule has 0 fully saturated rings. The van der Waals surface area contributed by atoms with Gasteiger partial charge < -0.3 is 17.2 Å². The van der Waals surface area contributed by atoms with Gasteiger partial charge in [0.05, 0.1) is 0 Å². The molecule has 0 saturated carbocycles. The third-order valence-electron chi connectivity index (χ3n) is 1.26. The number of nitrogens with two attached hydrogens (primary N) is 3. The fraction of sp³-hybridized carbons (Fsp3) is 0.818. The summed E-state index contributed by atoms with van der Waals surface area (Å²) in [4.78, 5) is 0. The van der Waals surface area contributed by atoms with Crippen molar-refractivity contribution in [3.05, 3.63) is 12.7 Å². The molecule has 0 aliphatic rings. The Kier molecular flexibility index (Phi) is 90.3. The van der Waals surface area contributed by atoms with E-state index in [-0.39, 0.29) is 0 Å². The number of rotatable bonds is 5. The first-order valence-corrected chi connectivity index (χ1v) is 5.26. The van der Waals surface area contributed by atoms with Crippen LogP contribution in [-0.4, -0.2) is 21.1 Å². The molecule has 0 unspecified atom stereocenters. The molecule has 3 heteroatoms. The van der Waals surface area contributed by atoms with E-state index in [1.165, 1.54) is 53.2 Å². The molecule has 0 rings (SSSR count). The molecule has 0 spiro atoms. The van der Waals surface area contributed by atoms with Crippen LogP contribution in [0.15, 0.2) is 12.7 Å². The highest BCUT2D eigenvalue weighted by atomic mass is 14.4. The molecule has 0 amide bonds. The molecule has 0 atom stereocenters. The second-order valence-electron chi connectivity index (χ2n) is 2.14. The maximum absolute atomic E-state index is 4.50. The predicted octanol–water partition coefficient (Wildman–Crippen LogP) is 1.87. The van der Waals surface area contributed by atoms with Crippen molar-refractivity contribution in [2.75, 3.05) is 21.1 Å². The fourth-order valence-corrected chi connectivity index (χ4v) is 0.715. The summed E-state index contributed by atoms with van der Waals surface area (Å²) in [6.45, 7) is 5.89. The van der Waals surface area contributed by atoms with Gasteiger partial charge in [-0.15, -0.1) is 6.58 Å². The van der Waals surface area contributed by atoms with Crippen molar-refractivity contribution >= 4 is 0 Å². The molecule has 0 saturated heterocycles. The largest absolute Gasteiger partial charge is 0.333 e. The van der Waals surface area contributed by atoms with E-state index >= 15 is 0 Å². The van der Waals surface area contributed by atoms with Crippen LogP contribution in [0, 0.1) is 0 Å². The van der Waals surface area contributed by atoms with Gasteiger partial charge in [0.15, 0.2) is 0 Å². The van der Waals surface area contributed by atoms with Gasteiger partial charge in [0.1, 0.15) is 0 Å². The van der Waals surface area contributed by atoms with E-state index in [0.29, 0.717) is 0 Å². The normalized spacial score (nSPS) is 6.50. The monoisotopic (exact) mass is 205 g/mol. The van der Waals surface area contributed by atoms with Gasteiger partial charge in [0.2, 0.25) is 0 Å². The minimum Gasteiger partial charge on any atom is -0.333 e. The van der Waals surface area contributed by atoms with Gasteiger partial charge in [-0.2, -0.15) is 0 Å². The summed E-state index contributed by atoms with van der Waals surface area (Å²) in [6.07, 6.45) is 8.61. The summed E-state index contributed by atoms with van der Waals surface area (Å²) < 4.78 is 0. The molecule has 0 bridgehead atoms. The third-order valence-corrected chi connectivity index (χ3v) is 1.26. The van der Waals surface area contributed by atoms with Crippen LogP contribution >= 0.6 is 0 Å². The van der Waals surface area contributed by atoms with Crippen LogP contribution < -0.4 is 17.2 Å². The van der Waals surface area contributed by atoms with Gasteiger partial charge in [-0.05, 0) is 34.0 Å². The zero-order valence-corrected chi connectivity index (χ0v) is 10.6. The molecule has 0 aromatic heterocycles. The molecule has 14 heavy (non-hydrogen) atoms. The minimum atomic E-state index is 1.19. The predicted molar refractivity (Wildman–Crippen MR) is 69.3 cm³/mol. The van der Waals surface area contributed by atoms with Crippen molar-refractivity contribution < 1.29 is 0 Å². The second kappa shape index (κ2) is 54.0. The van der Waals surface area contributed by atoms with E-state index in [4.69, 9.17) is 0 Å². The van der Waals surface area contributed by atoms with E-state index in [1.807, 2.05) is 6.08 Å². The lowest BCUT2D eigenvalue weighted by atomic mass is 10.2. The molecule has 0 aliphatic carbocycles. The SMILES string of the molecule is C=CCCCCCC.CN.CN.CN. The lowest BCUT2D eigenvalue weighted by molar-refractivity contribution is 0.675. The van der Waals surface area contributed by atoms with Gasteiger partial charge in [0, 0.05) is 0 Å². The van der Waals surface area contributed by atoms with Crippen molar-refractivity contribution in [1.29, 1.82) is 0 Å². The summed E-state index contributed by atoms with van der Waals surface area (Å²) in [5.74, 6) is 0. The van der Waals surface area contributed by atoms with Gasteiger partial charge in [-0.25, -0.2) is 0 Å². The van der Waals surface area contributed by atoms with E-state index in [0.717, 1.165) is 0 Å². The average molecular weight is 205 g/mol. The summed E-state index contributed by atoms with van der Waals surface area (Å²) in [5.41, 5.74) is 13.5. The van der Waals surface area contributed by atoms with Gasteiger partial charge in [-0.3, -0.25) is 0 Å². The number of hydrogen-bond donors (Lipinski definition) is 3. The third kappa shape index (κ3) is 61.4. The fourth-order valence-electron chi connectivity index (χ4n) is 0.715. The molecule has 0 radical (unpaired) electrons. The molecule has 90 valence electrons. The van der Waals surface area contributed by atoms with Gasteiger partial charge in [-0.1, -0.05) is 32.3 Å². The Morgan fingerprint density at radius 1 is 0.857 bits per heavy atom. The molecule has 0 heterocycles. The van der Waals surface area contributed by atoms with Crippen LogP contribution in [0.1, 0.15) is 39.0 Å². The lowest BCUT2D eigenvalue weighted by Gasteiger charge is -1.91. The van der Waals surface area contributed by atoms with Crippen molar-refractivity contribution in [2.45, 2.75) is 39.0 Å². The maximum atomic E-state index is 4.50. The molecule has 0 aliphatic heterocycles. The van der Waals surface area contributed by atoms with Crippen LogP contribution in [0.25, 0.3) is 0 Å². The quantitative estimate of drug-likeness (QED) is 0.473. The molecule has 0 aromatic carbocycles. The van der Waals surface area contributed by atoms with E-state index in [2.05, 4.69) is 30.7 Å². The first-order valence-electron chi connectivity index (χ1n) is 5.26. The standard InChI is InChI=1S/C8H16.3CH5N/c1-3-5-7-8-6-4-2;3*1-2/h3H,1,4-8H2,2H3;3*2H2,1H3. The summed E-state index contributed by atoms with van der Waals surface area (Å²) in [5, 5.41) is 0. The zero-order chi connectivity index (χ0) is 12.2. The Morgan fingerprint density at radius 2 is 1.29 bits per heavy atom. The van der Waals surface area contributed by atoms with E-state index in [9.17, 15) is 0 Å². The first-order chi connectivity index (χ1) is 6.91. The van der Waals surface area contributed by atoms with E-state index < -0.39 is 0 Å². The highest BCUT2D eigenvalue weighted by molar-refractivity contribution is 4.64. The Hall–Kier alpha value is -0.380. The number of hydrogen-bond acceptors (Lipinski definition) is 3. The second-order valence-corrected chi connectivity index (χ2v) is 2.14. The Balaban J connectivity index is -0.0000000708. The minimum absolute atomic E-state index is 1.19. The summed E-state index contributed by atoms with van der Waals surface area (Å²) in [6, 6.07) is 0. The molecular weight excluding hydrogens is 174 g/mol. The maximum Gasteiger partial charge on any atom is -0.0195 e. The molecule has 6 N–H and O–H groups in total. The highest BCUT2D eigenvalue weighted by Gasteiger charge is 1.81. The molecule has 0 aromatic rings. The van der Waals surface area contributed by atoms with Crippen molar-refractivity contribution in [2.24, 2.45) is 17.2 Å². The zero-order valence-electron chi connectivity index (χ0n) is 10.6. The van der Waals surface area contributed by atoms with Crippen molar-refractivity contribution in [3.63, 3.8) is 0 Å². The topological polar surface area (TPSA) is 78.1 Å². The Labute approximate surface area is 90.7 Å². The summed E-state index contributed by atoms with van der Waals surface area (Å²) in [7, 11) is 4.50. The van der Waals surface area contributed by atoms with Crippen molar-refractivity contribution in [3.8, 4) is 0 Å². The average Bonchev–Trinajstić information content (AvgIpc) is 2.33. The van der Waals surface area contributed by atoms with Crippen LogP contribution in [0.4, 0.5) is 0 Å². The van der Waals surface area contributed by atoms with Gasteiger partial charge >= 0.3 is 0 Å². The number of unbranched alkanes of at least 4 members (excludes halogenated alkanes) is 4. The first kappa shape index (κ1) is 23.4. The Bertz CT molecular complexity index is 56.5. The lowest BCUT2D eigenvalue weighted by Crippen LogP contribution is -1.71. The highest BCUT2D eigenvalue weighted by Crippen LogP contribution is 2.01. The Morgan fingerprint density at radius 3 is 1.57 bits per heavy atom. The van der Waals surface area contributed by atoms with E-state index in [1.54, 1.807) is 0 Å². The molecular formula is C11H31N3. The summed E-state index contributed by atoms with van der Waals surface area (Å²) >= 11 is 0.